The van der Waals surface area contributed by atoms with Gasteiger partial charge in [0, 0.05) is 32.7 Å². The van der Waals surface area contributed by atoms with E-state index in [9.17, 15) is 9.59 Å². The molecule has 3 rings (SSSR count). The lowest BCUT2D eigenvalue weighted by molar-refractivity contribution is -0.160. The Morgan fingerprint density at radius 2 is 1.92 bits per heavy atom. The maximum Gasteiger partial charge on any atom is 0.242 e. The fourth-order valence-corrected chi connectivity index (χ4v) is 3.93. The van der Waals surface area contributed by atoms with Crippen LogP contribution < -0.4 is 0 Å². The Balaban J connectivity index is 1.67. The summed E-state index contributed by atoms with van der Waals surface area (Å²) in [5.41, 5.74) is 0.926. The predicted octanol–water partition coefficient (Wildman–Crippen LogP) is 1.86. The Labute approximate surface area is 143 Å². The molecule has 2 aliphatic heterocycles. The molecule has 0 aromatic heterocycles. The average molecular weight is 330 g/mol. The van der Waals surface area contributed by atoms with Crippen LogP contribution in [0, 0.1) is 0 Å². The highest BCUT2D eigenvalue weighted by Gasteiger charge is 2.46. The predicted molar refractivity (Wildman–Crippen MR) is 91.5 cm³/mol. The zero-order valence-electron chi connectivity index (χ0n) is 14.4. The zero-order valence-corrected chi connectivity index (χ0v) is 14.4. The molecule has 5 heteroatoms. The smallest absolute Gasteiger partial charge is 0.242 e. The number of amides is 2. The van der Waals surface area contributed by atoms with E-state index in [4.69, 9.17) is 4.74 Å². The Morgan fingerprint density at radius 1 is 1.21 bits per heavy atom. The Morgan fingerprint density at radius 3 is 2.58 bits per heavy atom. The summed E-state index contributed by atoms with van der Waals surface area (Å²) in [6.45, 7) is 4.90. The molecule has 0 atom stereocenters. The first-order valence-electron chi connectivity index (χ1n) is 8.84. The SMILES string of the molecule is CCN1C(=O)CN(C(=O)CCc2ccccc2)CC12CCOCC2. The van der Waals surface area contributed by atoms with Gasteiger partial charge < -0.3 is 14.5 Å². The van der Waals surface area contributed by atoms with Crippen molar-refractivity contribution in [2.24, 2.45) is 0 Å². The van der Waals surface area contributed by atoms with Gasteiger partial charge in [-0.2, -0.15) is 0 Å². The average Bonchev–Trinajstić information content (AvgIpc) is 2.61. The number of ether oxygens (including phenoxy) is 1. The van der Waals surface area contributed by atoms with E-state index >= 15 is 0 Å². The molecule has 2 aliphatic rings. The molecule has 0 radical (unpaired) electrons. The lowest BCUT2D eigenvalue weighted by atomic mass is 9.85. The van der Waals surface area contributed by atoms with Crippen molar-refractivity contribution in [3.05, 3.63) is 35.9 Å². The van der Waals surface area contributed by atoms with Crippen LogP contribution in [0.4, 0.5) is 0 Å². The van der Waals surface area contributed by atoms with Crippen LogP contribution in [0.2, 0.25) is 0 Å². The number of piperazine rings is 1. The van der Waals surface area contributed by atoms with E-state index in [0.717, 1.165) is 24.8 Å². The third-order valence-corrected chi connectivity index (χ3v) is 5.25. The van der Waals surface area contributed by atoms with E-state index in [0.29, 0.717) is 32.7 Å². The van der Waals surface area contributed by atoms with Crippen molar-refractivity contribution in [2.75, 3.05) is 32.8 Å². The first-order chi connectivity index (χ1) is 11.6. The van der Waals surface area contributed by atoms with Crippen LogP contribution in [0.15, 0.2) is 30.3 Å². The van der Waals surface area contributed by atoms with Gasteiger partial charge in [-0.05, 0) is 31.7 Å². The highest BCUT2D eigenvalue weighted by atomic mass is 16.5. The number of benzene rings is 1. The number of likely N-dealkylation sites (N-methyl/N-ethyl adjacent to an activating group) is 1. The van der Waals surface area contributed by atoms with Crippen LogP contribution in [-0.4, -0.2) is 60.0 Å². The van der Waals surface area contributed by atoms with Crippen LogP contribution >= 0.6 is 0 Å². The van der Waals surface area contributed by atoms with Crippen molar-refractivity contribution in [3.63, 3.8) is 0 Å². The standard InChI is InChI=1S/C19H26N2O3/c1-2-21-18(23)14-20(15-19(21)10-12-24-13-11-19)17(22)9-8-16-6-4-3-5-7-16/h3-7H,2,8-15H2,1H3. The number of rotatable bonds is 4. The first-order valence-corrected chi connectivity index (χ1v) is 8.84. The number of hydrogen-bond donors (Lipinski definition) is 0. The molecule has 2 fully saturated rings. The number of aryl methyl sites for hydroxylation is 1. The van der Waals surface area contributed by atoms with Gasteiger partial charge in [0.1, 0.15) is 0 Å². The first kappa shape index (κ1) is 17.0. The minimum atomic E-state index is -0.231. The van der Waals surface area contributed by atoms with Crippen molar-refractivity contribution in [3.8, 4) is 0 Å². The summed E-state index contributed by atoms with van der Waals surface area (Å²) in [5.74, 6) is 0.146. The Hall–Kier alpha value is -1.88. The normalized spacial score (nSPS) is 20.5. The third kappa shape index (κ3) is 3.46. The van der Waals surface area contributed by atoms with Crippen molar-refractivity contribution in [1.29, 1.82) is 0 Å². The summed E-state index contributed by atoms with van der Waals surface area (Å²) in [6, 6.07) is 10.0. The minimum absolute atomic E-state index is 0.0683. The molecule has 0 bridgehead atoms. The summed E-state index contributed by atoms with van der Waals surface area (Å²) in [7, 11) is 0. The van der Waals surface area contributed by atoms with E-state index in [1.165, 1.54) is 0 Å². The summed E-state index contributed by atoms with van der Waals surface area (Å²) >= 11 is 0. The number of carbonyl (C=O) groups is 2. The molecular formula is C19H26N2O3. The van der Waals surface area contributed by atoms with Crippen molar-refractivity contribution in [2.45, 2.75) is 38.1 Å². The summed E-state index contributed by atoms with van der Waals surface area (Å²) in [4.78, 5) is 29.0. The topological polar surface area (TPSA) is 49.9 Å². The lowest BCUT2D eigenvalue weighted by Crippen LogP contribution is -2.67. The molecule has 130 valence electrons. The van der Waals surface area contributed by atoms with E-state index in [-0.39, 0.29) is 23.9 Å². The highest BCUT2D eigenvalue weighted by molar-refractivity contribution is 5.87. The summed E-state index contributed by atoms with van der Waals surface area (Å²) in [6.07, 6.45) is 2.80. The van der Waals surface area contributed by atoms with E-state index in [1.54, 1.807) is 4.90 Å². The fourth-order valence-electron chi connectivity index (χ4n) is 3.93. The largest absolute Gasteiger partial charge is 0.381 e. The number of carbonyl (C=O) groups excluding carboxylic acids is 2. The summed E-state index contributed by atoms with van der Waals surface area (Å²) < 4.78 is 5.48. The van der Waals surface area contributed by atoms with Gasteiger partial charge in [-0.25, -0.2) is 0 Å². The second-order valence-corrected chi connectivity index (χ2v) is 6.71. The molecule has 1 aromatic carbocycles. The van der Waals surface area contributed by atoms with E-state index < -0.39 is 0 Å². The summed E-state index contributed by atoms with van der Waals surface area (Å²) in [5, 5.41) is 0. The second-order valence-electron chi connectivity index (χ2n) is 6.71. The minimum Gasteiger partial charge on any atom is -0.381 e. The maximum absolute atomic E-state index is 12.7. The molecule has 2 amide bonds. The highest BCUT2D eigenvalue weighted by Crippen LogP contribution is 2.32. The molecule has 0 unspecified atom stereocenters. The molecule has 2 heterocycles. The van der Waals surface area contributed by atoms with Crippen molar-refractivity contribution < 1.29 is 14.3 Å². The molecule has 0 N–H and O–H groups in total. The molecule has 0 saturated carbocycles. The number of hydrogen-bond acceptors (Lipinski definition) is 3. The zero-order chi connectivity index (χ0) is 17.0. The molecule has 24 heavy (non-hydrogen) atoms. The molecule has 1 aromatic rings. The molecule has 2 saturated heterocycles. The van der Waals surface area contributed by atoms with Gasteiger partial charge in [0.05, 0.1) is 12.1 Å². The van der Waals surface area contributed by atoms with Crippen LogP contribution in [0.3, 0.4) is 0 Å². The Kier molecular flexibility index (Phi) is 5.19. The van der Waals surface area contributed by atoms with Crippen LogP contribution in [0.25, 0.3) is 0 Å². The number of nitrogens with zero attached hydrogens (tertiary/aromatic N) is 2. The van der Waals surface area contributed by atoms with Crippen molar-refractivity contribution >= 4 is 11.8 Å². The quantitative estimate of drug-likeness (QED) is 0.847. The lowest BCUT2D eigenvalue weighted by Gasteiger charge is -2.52. The van der Waals surface area contributed by atoms with Gasteiger partial charge in [-0.15, -0.1) is 0 Å². The molecule has 1 spiro atoms. The fraction of sp³-hybridized carbons (Fsp3) is 0.579. The molecule has 0 aliphatic carbocycles. The second kappa shape index (κ2) is 7.34. The molecular weight excluding hydrogens is 304 g/mol. The van der Waals surface area contributed by atoms with Gasteiger partial charge in [-0.3, -0.25) is 9.59 Å². The van der Waals surface area contributed by atoms with Gasteiger partial charge in [-0.1, -0.05) is 30.3 Å². The third-order valence-electron chi connectivity index (χ3n) is 5.25. The van der Waals surface area contributed by atoms with Crippen LogP contribution in [0.1, 0.15) is 31.7 Å². The van der Waals surface area contributed by atoms with Gasteiger partial charge in [0.25, 0.3) is 0 Å². The van der Waals surface area contributed by atoms with Crippen LogP contribution in [0.5, 0.6) is 0 Å². The molecule has 5 nitrogen and oxygen atoms in total. The van der Waals surface area contributed by atoms with Crippen molar-refractivity contribution in [1.82, 2.24) is 9.80 Å². The Bertz CT molecular complexity index is 582. The van der Waals surface area contributed by atoms with E-state index in [2.05, 4.69) is 0 Å². The van der Waals surface area contributed by atoms with Crippen LogP contribution in [-0.2, 0) is 20.7 Å². The monoisotopic (exact) mass is 330 g/mol. The van der Waals surface area contributed by atoms with Gasteiger partial charge in [0.2, 0.25) is 11.8 Å². The van der Waals surface area contributed by atoms with Gasteiger partial charge in [0.15, 0.2) is 0 Å². The van der Waals surface area contributed by atoms with Gasteiger partial charge >= 0.3 is 0 Å². The maximum atomic E-state index is 12.7. The van der Waals surface area contributed by atoms with E-state index in [1.807, 2.05) is 42.2 Å².